The molecule has 1 N–H and O–H groups in total. The minimum absolute atomic E-state index is 0.0115. The van der Waals surface area contributed by atoms with E-state index in [0.717, 1.165) is 22.0 Å². The Morgan fingerprint density at radius 3 is 2.48 bits per heavy atom. The van der Waals surface area contributed by atoms with Gasteiger partial charge in [-0.15, -0.1) is 0 Å². The van der Waals surface area contributed by atoms with E-state index in [1.807, 2.05) is 31.2 Å². The molecule has 1 saturated carbocycles. The summed E-state index contributed by atoms with van der Waals surface area (Å²) in [6, 6.07) is 7.68. The van der Waals surface area contributed by atoms with Crippen LogP contribution in [0.15, 0.2) is 24.3 Å². The highest BCUT2D eigenvalue weighted by atomic mass is 127. The van der Waals surface area contributed by atoms with Crippen molar-refractivity contribution in [2.45, 2.75) is 44.8 Å². The summed E-state index contributed by atoms with van der Waals surface area (Å²) in [7, 11) is 0. The Balaban J connectivity index is 1.92. The van der Waals surface area contributed by atoms with Gasteiger partial charge in [0.05, 0.1) is 0 Å². The Morgan fingerprint density at radius 1 is 1.29 bits per heavy atom. The number of hydrogen-bond donors (Lipinski definition) is 1. The fourth-order valence-corrected chi connectivity index (χ4v) is 3.42. The first-order valence-electron chi connectivity index (χ1n) is 7.30. The lowest BCUT2D eigenvalue weighted by molar-refractivity contribution is -0.158. The molecule has 2 fully saturated rings. The molecule has 2 unspecified atom stereocenters. The normalized spacial score (nSPS) is 29.5. The molecular weight excluding hydrogens is 379 g/mol. The van der Waals surface area contributed by atoms with Gasteiger partial charge in [-0.25, -0.2) is 0 Å². The molecule has 2 amide bonds. The summed E-state index contributed by atoms with van der Waals surface area (Å²) in [6.07, 6.45) is 2.05. The van der Waals surface area contributed by atoms with Crippen LogP contribution >= 0.6 is 22.6 Å². The molecular formula is C16H19IN2O2. The van der Waals surface area contributed by atoms with E-state index in [0.29, 0.717) is 6.54 Å². The fourth-order valence-electron chi connectivity index (χ4n) is 3.06. The highest BCUT2D eigenvalue weighted by Gasteiger charge is 2.56. The first kappa shape index (κ1) is 14.8. The van der Waals surface area contributed by atoms with Crippen LogP contribution < -0.4 is 5.32 Å². The van der Waals surface area contributed by atoms with Crippen molar-refractivity contribution >= 4 is 34.4 Å². The Morgan fingerprint density at radius 2 is 1.90 bits per heavy atom. The Bertz CT molecular complexity index is 582. The molecule has 1 aromatic rings. The fraction of sp³-hybridized carbons (Fsp3) is 0.500. The summed E-state index contributed by atoms with van der Waals surface area (Å²) < 4.78 is 1.16. The third-order valence-electron chi connectivity index (χ3n) is 4.63. The van der Waals surface area contributed by atoms with Crippen molar-refractivity contribution in [2.24, 2.45) is 5.92 Å². The van der Waals surface area contributed by atoms with Crippen LogP contribution in [0.1, 0.15) is 32.3 Å². The van der Waals surface area contributed by atoms with E-state index in [1.54, 1.807) is 11.8 Å². The number of amides is 2. The number of nitrogens with one attached hydrogen (secondary N) is 1. The van der Waals surface area contributed by atoms with Crippen molar-refractivity contribution in [3.8, 4) is 0 Å². The zero-order valence-corrected chi connectivity index (χ0v) is 14.4. The summed E-state index contributed by atoms with van der Waals surface area (Å²) in [5.74, 6) is 0.294. The van der Waals surface area contributed by atoms with Crippen LogP contribution in [0.4, 0.5) is 0 Å². The van der Waals surface area contributed by atoms with E-state index in [9.17, 15) is 9.59 Å². The zero-order valence-electron chi connectivity index (χ0n) is 12.2. The number of piperazine rings is 1. The van der Waals surface area contributed by atoms with Crippen LogP contribution in [0.25, 0.3) is 0 Å². The van der Waals surface area contributed by atoms with Gasteiger partial charge in [0.25, 0.3) is 0 Å². The summed E-state index contributed by atoms with van der Waals surface area (Å²) in [5, 5.41) is 2.83. The summed E-state index contributed by atoms with van der Waals surface area (Å²) in [6.45, 7) is 4.17. The molecule has 1 aromatic carbocycles. The maximum atomic E-state index is 12.6. The van der Waals surface area contributed by atoms with Crippen molar-refractivity contribution in [3.05, 3.63) is 33.4 Å². The van der Waals surface area contributed by atoms with E-state index in [1.165, 1.54) is 0 Å². The second-order valence-electron chi connectivity index (χ2n) is 6.17. The Hall–Kier alpha value is -1.11. The van der Waals surface area contributed by atoms with Crippen molar-refractivity contribution in [1.82, 2.24) is 10.2 Å². The monoisotopic (exact) mass is 398 g/mol. The van der Waals surface area contributed by atoms with Gasteiger partial charge in [0.1, 0.15) is 11.6 Å². The van der Waals surface area contributed by atoms with Crippen molar-refractivity contribution in [3.63, 3.8) is 0 Å². The molecule has 2 atom stereocenters. The first-order chi connectivity index (χ1) is 9.92. The van der Waals surface area contributed by atoms with Crippen LogP contribution in [0.2, 0.25) is 0 Å². The van der Waals surface area contributed by atoms with Gasteiger partial charge in [-0.1, -0.05) is 12.1 Å². The Kier molecular flexibility index (Phi) is 3.71. The quantitative estimate of drug-likeness (QED) is 0.795. The van der Waals surface area contributed by atoms with E-state index >= 15 is 0 Å². The summed E-state index contributed by atoms with van der Waals surface area (Å²) in [4.78, 5) is 26.9. The number of carbonyl (C=O) groups is 2. The SMILES string of the molecule is CC1NC(=O)C(C)(C2CC2)N(Cc2ccc(I)cc2)C1=O. The van der Waals surface area contributed by atoms with Gasteiger partial charge in [0.2, 0.25) is 11.8 Å². The van der Waals surface area contributed by atoms with Crippen LogP contribution in [-0.2, 0) is 16.1 Å². The maximum Gasteiger partial charge on any atom is 0.246 e. The highest BCUT2D eigenvalue weighted by Crippen LogP contribution is 2.45. The van der Waals surface area contributed by atoms with Gasteiger partial charge < -0.3 is 10.2 Å². The van der Waals surface area contributed by atoms with Gasteiger partial charge in [0, 0.05) is 10.1 Å². The van der Waals surface area contributed by atoms with Crippen LogP contribution in [0, 0.1) is 9.49 Å². The predicted octanol–water partition coefficient (Wildman–Crippen LogP) is 2.31. The molecule has 0 bridgehead atoms. The van der Waals surface area contributed by atoms with Gasteiger partial charge in [-0.2, -0.15) is 0 Å². The molecule has 1 aliphatic heterocycles. The Labute approximate surface area is 138 Å². The number of benzene rings is 1. The lowest BCUT2D eigenvalue weighted by atomic mass is 9.88. The van der Waals surface area contributed by atoms with Crippen LogP contribution in [0.5, 0.6) is 0 Å². The van der Waals surface area contributed by atoms with E-state index in [-0.39, 0.29) is 17.7 Å². The van der Waals surface area contributed by atoms with Crippen molar-refractivity contribution < 1.29 is 9.59 Å². The number of rotatable bonds is 3. The molecule has 4 nitrogen and oxygen atoms in total. The predicted molar refractivity (Wildman–Crippen MR) is 88.4 cm³/mol. The standard InChI is InChI=1S/C16H19IN2O2/c1-10-14(20)19(9-11-3-7-13(17)8-4-11)16(2,12-5-6-12)15(21)18-10/h3-4,7-8,10,12H,5-6,9H2,1-2H3,(H,18,21). The molecule has 1 saturated heterocycles. The molecule has 112 valence electrons. The number of carbonyl (C=O) groups excluding carboxylic acids is 2. The molecule has 0 radical (unpaired) electrons. The van der Waals surface area contributed by atoms with Gasteiger partial charge >= 0.3 is 0 Å². The largest absolute Gasteiger partial charge is 0.343 e. The van der Waals surface area contributed by atoms with Gasteiger partial charge in [0.15, 0.2) is 0 Å². The van der Waals surface area contributed by atoms with Crippen LogP contribution in [-0.4, -0.2) is 28.3 Å². The molecule has 2 aliphatic rings. The smallest absolute Gasteiger partial charge is 0.246 e. The van der Waals surface area contributed by atoms with Crippen LogP contribution in [0.3, 0.4) is 0 Å². The number of halogens is 1. The lowest BCUT2D eigenvalue weighted by Gasteiger charge is -2.46. The van der Waals surface area contributed by atoms with E-state index < -0.39 is 11.6 Å². The second kappa shape index (κ2) is 5.26. The summed E-state index contributed by atoms with van der Waals surface area (Å²) in [5.41, 5.74) is 0.365. The van der Waals surface area contributed by atoms with Gasteiger partial charge in [-0.05, 0) is 72.9 Å². The number of nitrogens with zero attached hydrogens (tertiary/aromatic N) is 1. The highest BCUT2D eigenvalue weighted by molar-refractivity contribution is 14.1. The second-order valence-corrected chi connectivity index (χ2v) is 7.41. The zero-order chi connectivity index (χ0) is 15.2. The lowest BCUT2D eigenvalue weighted by Crippen LogP contribution is -2.69. The van der Waals surface area contributed by atoms with Crippen molar-refractivity contribution in [1.29, 1.82) is 0 Å². The molecule has 0 spiro atoms. The van der Waals surface area contributed by atoms with E-state index in [2.05, 4.69) is 27.9 Å². The number of hydrogen-bond acceptors (Lipinski definition) is 2. The van der Waals surface area contributed by atoms with Crippen molar-refractivity contribution in [2.75, 3.05) is 0 Å². The molecule has 3 rings (SSSR count). The molecule has 5 heteroatoms. The molecule has 1 heterocycles. The minimum Gasteiger partial charge on any atom is -0.343 e. The molecule has 1 aliphatic carbocycles. The van der Waals surface area contributed by atoms with E-state index in [4.69, 9.17) is 0 Å². The topological polar surface area (TPSA) is 49.4 Å². The first-order valence-corrected chi connectivity index (χ1v) is 8.37. The maximum absolute atomic E-state index is 12.6. The minimum atomic E-state index is -0.702. The average molecular weight is 398 g/mol. The third-order valence-corrected chi connectivity index (χ3v) is 5.35. The summed E-state index contributed by atoms with van der Waals surface area (Å²) >= 11 is 2.26. The molecule has 21 heavy (non-hydrogen) atoms. The average Bonchev–Trinajstić information content (AvgIpc) is 3.28. The molecule has 0 aromatic heterocycles. The third kappa shape index (κ3) is 2.56. The van der Waals surface area contributed by atoms with Gasteiger partial charge in [-0.3, -0.25) is 9.59 Å².